The molecule has 1 aliphatic rings. The average molecular weight is 385 g/mol. The minimum Gasteiger partial charge on any atom is -0.497 e. The molecule has 0 radical (unpaired) electrons. The van der Waals surface area contributed by atoms with Crippen molar-refractivity contribution in [3.8, 4) is 17.4 Å². The van der Waals surface area contributed by atoms with Crippen molar-refractivity contribution in [1.29, 1.82) is 0 Å². The Morgan fingerprint density at radius 2 is 1.86 bits per heavy atom. The van der Waals surface area contributed by atoms with Gasteiger partial charge in [-0.05, 0) is 50.3 Å². The summed E-state index contributed by atoms with van der Waals surface area (Å²) in [6, 6.07) is 9.04. The predicted molar refractivity (Wildman–Crippen MR) is 107 cm³/mol. The molecule has 1 heterocycles. The topological polar surface area (TPSA) is 81.7 Å². The van der Waals surface area contributed by atoms with Crippen molar-refractivity contribution in [2.24, 2.45) is 0 Å². The van der Waals surface area contributed by atoms with E-state index in [4.69, 9.17) is 14.2 Å². The number of hydrogen-bond acceptors (Lipinski definition) is 5. The molecule has 2 aromatic rings. The molecule has 0 unspecified atom stereocenters. The number of ether oxygens (including phenoxy) is 3. The molecule has 1 aromatic heterocycles. The van der Waals surface area contributed by atoms with Gasteiger partial charge in [-0.1, -0.05) is 6.07 Å². The molecule has 0 aliphatic heterocycles. The molecule has 7 heteroatoms. The number of carbonyl (C=O) groups is 1. The maximum Gasteiger partial charge on any atom is 0.319 e. The lowest BCUT2D eigenvalue weighted by molar-refractivity contribution is 0.135. The zero-order chi connectivity index (χ0) is 19.9. The average Bonchev–Trinajstić information content (AvgIpc) is 2.71. The normalized spacial score (nSPS) is 18.8. The van der Waals surface area contributed by atoms with Crippen LogP contribution < -0.4 is 24.8 Å². The minimum atomic E-state index is -0.243. The van der Waals surface area contributed by atoms with Gasteiger partial charge in [0.15, 0.2) is 0 Å². The van der Waals surface area contributed by atoms with Crippen LogP contribution in [0.25, 0.3) is 0 Å². The Labute approximate surface area is 165 Å². The molecule has 0 saturated heterocycles. The third-order valence-corrected chi connectivity index (χ3v) is 4.84. The Hall–Kier alpha value is -2.96. The number of carbonyl (C=O) groups excluding carboxylic acids is 1. The fourth-order valence-electron chi connectivity index (χ4n) is 3.27. The van der Waals surface area contributed by atoms with E-state index in [1.54, 1.807) is 38.6 Å². The second kappa shape index (κ2) is 9.30. The van der Waals surface area contributed by atoms with Crippen LogP contribution in [0.3, 0.4) is 0 Å². The van der Waals surface area contributed by atoms with Gasteiger partial charge in [-0.2, -0.15) is 0 Å². The van der Waals surface area contributed by atoms with Crippen LogP contribution in [-0.4, -0.2) is 37.4 Å². The van der Waals surface area contributed by atoms with Crippen molar-refractivity contribution in [3.05, 3.63) is 42.1 Å². The Bertz CT molecular complexity index is 787. The van der Waals surface area contributed by atoms with E-state index in [9.17, 15) is 4.79 Å². The summed E-state index contributed by atoms with van der Waals surface area (Å²) >= 11 is 0. The molecule has 7 nitrogen and oxygen atoms in total. The molecule has 1 aromatic carbocycles. The van der Waals surface area contributed by atoms with Gasteiger partial charge in [0, 0.05) is 24.4 Å². The van der Waals surface area contributed by atoms with Crippen LogP contribution in [0.5, 0.6) is 17.4 Å². The molecule has 1 saturated carbocycles. The first-order valence-electron chi connectivity index (χ1n) is 9.46. The second-order valence-corrected chi connectivity index (χ2v) is 6.93. The quantitative estimate of drug-likeness (QED) is 0.788. The third kappa shape index (κ3) is 5.28. The molecule has 28 heavy (non-hydrogen) atoms. The second-order valence-electron chi connectivity index (χ2n) is 6.93. The summed E-state index contributed by atoms with van der Waals surface area (Å²) in [4.78, 5) is 16.6. The highest BCUT2D eigenvalue weighted by atomic mass is 16.5. The van der Waals surface area contributed by atoms with Gasteiger partial charge in [-0.25, -0.2) is 9.78 Å². The van der Waals surface area contributed by atoms with E-state index >= 15 is 0 Å². The molecule has 2 amide bonds. The van der Waals surface area contributed by atoms with E-state index in [1.807, 2.05) is 19.1 Å². The van der Waals surface area contributed by atoms with Crippen molar-refractivity contribution in [2.45, 2.75) is 44.8 Å². The first kappa shape index (κ1) is 19.8. The van der Waals surface area contributed by atoms with Gasteiger partial charge >= 0.3 is 6.03 Å². The van der Waals surface area contributed by atoms with Crippen molar-refractivity contribution in [1.82, 2.24) is 10.3 Å². The number of aromatic nitrogens is 1. The van der Waals surface area contributed by atoms with Gasteiger partial charge in [0.1, 0.15) is 17.6 Å². The van der Waals surface area contributed by atoms with Crippen molar-refractivity contribution < 1.29 is 19.0 Å². The maximum absolute atomic E-state index is 12.4. The lowest BCUT2D eigenvalue weighted by Gasteiger charge is -2.29. The predicted octanol–water partition coefficient (Wildman–Crippen LogP) is 3.92. The number of amides is 2. The molecule has 2 N–H and O–H groups in total. The van der Waals surface area contributed by atoms with Gasteiger partial charge in [-0.15, -0.1) is 0 Å². The Morgan fingerprint density at radius 3 is 2.50 bits per heavy atom. The summed E-state index contributed by atoms with van der Waals surface area (Å²) in [5.41, 5.74) is 1.71. The lowest BCUT2D eigenvalue weighted by Crippen LogP contribution is -2.41. The number of nitrogens with one attached hydrogen (secondary N) is 2. The fraction of sp³-hybridized carbons (Fsp3) is 0.429. The van der Waals surface area contributed by atoms with Crippen molar-refractivity contribution in [2.75, 3.05) is 19.5 Å². The molecular formula is C21H27N3O4. The van der Waals surface area contributed by atoms with Gasteiger partial charge in [-0.3, -0.25) is 0 Å². The van der Waals surface area contributed by atoms with Crippen molar-refractivity contribution >= 4 is 11.7 Å². The highest BCUT2D eigenvalue weighted by Gasteiger charge is 2.24. The number of methoxy groups -OCH3 is 2. The number of anilines is 1. The summed E-state index contributed by atoms with van der Waals surface area (Å²) in [7, 11) is 3.14. The van der Waals surface area contributed by atoms with Gasteiger partial charge in [0.2, 0.25) is 5.88 Å². The van der Waals surface area contributed by atoms with Crippen LogP contribution in [-0.2, 0) is 0 Å². The molecule has 1 fully saturated rings. The van der Waals surface area contributed by atoms with Crippen LogP contribution in [0.2, 0.25) is 0 Å². The van der Waals surface area contributed by atoms with E-state index in [0.29, 0.717) is 23.1 Å². The molecule has 1 aliphatic carbocycles. The summed E-state index contributed by atoms with van der Waals surface area (Å²) < 4.78 is 16.4. The minimum absolute atomic E-state index is 0.120. The Balaban J connectivity index is 1.46. The van der Waals surface area contributed by atoms with Crippen LogP contribution in [0, 0.1) is 6.92 Å². The summed E-state index contributed by atoms with van der Waals surface area (Å²) in [6.45, 7) is 2.00. The smallest absolute Gasteiger partial charge is 0.319 e. The number of aryl methyl sites for hydroxylation is 1. The van der Waals surface area contributed by atoms with Crippen LogP contribution in [0.4, 0.5) is 10.5 Å². The van der Waals surface area contributed by atoms with Crippen LogP contribution >= 0.6 is 0 Å². The summed E-state index contributed by atoms with van der Waals surface area (Å²) in [5.74, 6) is 1.88. The molecule has 150 valence electrons. The van der Waals surface area contributed by atoms with Gasteiger partial charge in [0.25, 0.3) is 0 Å². The lowest BCUT2D eigenvalue weighted by atomic mass is 9.93. The number of urea groups is 1. The number of rotatable bonds is 6. The molecule has 0 spiro atoms. The third-order valence-electron chi connectivity index (χ3n) is 4.84. The van der Waals surface area contributed by atoms with Crippen molar-refractivity contribution in [3.63, 3.8) is 0 Å². The SMILES string of the molecule is COc1ccc(NC(=O)NC2CCC(Oc3ccc(C)cn3)CC2)c(OC)c1. The van der Waals surface area contributed by atoms with E-state index in [-0.39, 0.29) is 18.2 Å². The highest BCUT2D eigenvalue weighted by molar-refractivity contribution is 5.91. The van der Waals surface area contributed by atoms with E-state index in [0.717, 1.165) is 31.2 Å². The first-order valence-corrected chi connectivity index (χ1v) is 9.46. The zero-order valence-corrected chi connectivity index (χ0v) is 16.5. The van der Waals surface area contributed by atoms with E-state index in [2.05, 4.69) is 15.6 Å². The van der Waals surface area contributed by atoms with Gasteiger partial charge < -0.3 is 24.8 Å². The molecule has 0 atom stereocenters. The number of benzene rings is 1. The molecule has 3 rings (SSSR count). The summed E-state index contributed by atoms with van der Waals surface area (Å²) in [6.07, 6.45) is 5.44. The first-order chi connectivity index (χ1) is 13.6. The van der Waals surface area contributed by atoms with Crippen LogP contribution in [0.15, 0.2) is 36.5 Å². The zero-order valence-electron chi connectivity index (χ0n) is 16.5. The number of nitrogens with zero attached hydrogens (tertiary/aromatic N) is 1. The highest BCUT2D eigenvalue weighted by Crippen LogP contribution is 2.29. The fourth-order valence-corrected chi connectivity index (χ4v) is 3.27. The van der Waals surface area contributed by atoms with Crippen LogP contribution in [0.1, 0.15) is 31.2 Å². The maximum atomic E-state index is 12.4. The van der Waals surface area contributed by atoms with E-state index in [1.165, 1.54) is 0 Å². The summed E-state index contributed by atoms with van der Waals surface area (Å²) in [5, 5.41) is 5.88. The van der Waals surface area contributed by atoms with Gasteiger partial charge in [0.05, 0.1) is 19.9 Å². The Morgan fingerprint density at radius 1 is 1.07 bits per heavy atom. The largest absolute Gasteiger partial charge is 0.497 e. The van der Waals surface area contributed by atoms with E-state index < -0.39 is 0 Å². The molecule has 0 bridgehead atoms. The molecular weight excluding hydrogens is 358 g/mol. The Kier molecular flexibility index (Phi) is 6.57. The number of hydrogen-bond donors (Lipinski definition) is 2. The standard InChI is InChI=1S/C21H27N3O4/c1-14-4-11-20(22-13-14)28-16-7-5-15(6-8-16)23-21(25)24-18-10-9-17(26-2)12-19(18)27-3/h4,9-13,15-16H,5-8H2,1-3H3,(H2,23,24,25). The monoisotopic (exact) mass is 385 g/mol. The number of pyridine rings is 1.